The molecule has 1 amide bonds. The maximum atomic E-state index is 12.8. The number of amides is 1. The zero-order chi connectivity index (χ0) is 17.4. The number of rotatable bonds is 4. The van der Waals surface area contributed by atoms with Gasteiger partial charge >= 0.3 is 0 Å². The average molecular weight is 375 g/mol. The third-order valence-corrected chi connectivity index (χ3v) is 6.34. The molecule has 130 valence electrons. The molecule has 0 saturated carbocycles. The largest absolute Gasteiger partial charge is 0.344 e. The second-order valence-corrected chi connectivity index (χ2v) is 7.87. The molecule has 1 aliphatic heterocycles. The minimum atomic E-state index is -0.446. The summed E-state index contributed by atoms with van der Waals surface area (Å²) < 4.78 is 12.0. The van der Waals surface area contributed by atoms with E-state index in [9.17, 15) is 4.79 Å². The van der Waals surface area contributed by atoms with E-state index >= 15 is 0 Å². The highest BCUT2D eigenvalue weighted by Gasteiger charge is 2.26. The number of ether oxygens (including phenoxy) is 2. The molecule has 1 atom stereocenters. The Labute approximate surface area is 153 Å². The van der Waals surface area contributed by atoms with Gasteiger partial charge in [0.1, 0.15) is 14.9 Å². The van der Waals surface area contributed by atoms with Crippen molar-refractivity contribution in [3.63, 3.8) is 0 Å². The molecule has 4 rings (SSSR count). The number of hydrogen-bond donors (Lipinski definition) is 0. The Hall–Kier alpha value is -1.87. The van der Waals surface area contributed by atoms with E-state index in [2.05, 4.69) is 9.97 Å². The fourth-order valence-corrected chi connectivity index (χ4v) is 4.54. The Morgan fingerprint density at radius 3 is 2.80 bits per heavy atom. The van der Waals surface area contributed by atoms with Crippen molar-refractivity contribution in [3.05, 3.63) is 45.4 Å². The van der Waals surface area contributed by atoms with Gasteiger partial charge in [0.2, 0.25) is 6.29 Å². The first kappa shape index (κ1) is 16.6. The van der Waals surface area contributed by atoms with Gasteiger partial charge < -0.3 is 14.4 Å². The van der Waals surface area contributed by atoms with Crippen LogP contribution in [0.1, 0.15) is 38.9 Å². The van der Waals surface area contributed by atoms with E-state index < -0.39 is 6.29 Å². The molecule has 3 heterocycles. The maximum Gasteiger partial charge on any atom is 0.265 e. The number of para-hydroxylation sites is 1. The predicted molar refractivity (Wildman–Crippen MR) is 96.9 cm³/mol. The van der Waals surface area contributed by atoms with E-state index in [1.807, 2.05) is 31.2 Å². The summed E-state index contributed by atoms with van der Waals surface area (Å²) in [5.41, 5.74) is 0.964. The Balaban J connectivity index is 1.52. The second kappa shape index (κ2) is 6.80. The van der Waals surface area contributed by atoms with Gasteiger partial charge in [-0.3, -0.25) is 4.79 Å². The molecule has 2 aromatic heterocycles. The lowest BCUT2D eigenvalue weighted by Gasteiger charge is -2.22. The standard InChI is InChI=1S/C17H17N3O3S2/c1-10(14-19-11-5-3-4-6-12(11)24-14)20(2)16(21)13-9-18-15(25-13)17-22-7-8-23-17/h3-6,9-10,17H,7-8H2,1-2H3/t10-/m1/s1. The minimum Gasteiger partial charge on any atom is -0.344 e. The first-order chi connectivity index (χ1) is 12.1. The minimum absolute atomic E-state index is 0.0755. The van der Waals surface area contributed by atoms with E-state index in [0.29, 0.717) is 23.1 Å². The van der Waals surface area contributed by atoms with Gasteiger partial charge in [-0.05, 0) is 19.1 Å². The molecule has 1 fully saturated rings. The molecule has 1 aromatic carbocycles. The summed E-state index contributed by atoms with van der Waals surface area (Å²) in [6, 6.07) is 7.88. The van der Waals surface area contributed by atoms with Gasteiger partial charge in [-0.1, -0.05) is 12.1 Å². The highest BCUT2D eigenvalue weighted by Crippen LogP contribution is 2.31. The number of aromatic nitrogens is 2. The Kier molecular flexibility index (Phi) is 4.51. The molecule has 1 saturated heterocycles. The van der Waals surface area contributed by atoms with Gasteiger partial charge in [-0.2, -0.15) is 0 Å². The van der Waals surface area contributed by atoms with Crippen LogP contribution in [0.15, 0.2) is 30.5 Å². The molecule has 0 radical (unpaired) electrons. The van der Waals surface area contributed by atoms with Gasteiger partial charge in [0.05, 0.1) is 35.7 Å². The average Bonchev–Trinajstić information content (AvgIpc) is 3.38. The third kappa shape index (κ3) is 3.18. The van der Waals surface area contributed by atoms with Crippen molar-refractivity contribution in [2.75, 3.05) is 20.3 Å². The van der Waals surface area contributed by atoms with Crippen molar-refractivity contribution in [1.82, 2.24) is 14.9 Å². The molecule has 0 bridgehead atoms. The number of benzene rings is 1. The van der Waals surface area contributed by atoms with E-state index in [-0.39, 0.29) is 11.9 Å². The van der Waals surface area contributed by atoms with E-state index in [0.717, 1.165) is 15.2 Å². The molecule has 1 aliphatic rings. The quantitative estimate of drug-likeness (QED) is 0.697. The van der Waals surface area contributed by atoms with Crippen LogP contribution in [0.3, 0.4) is 0 Å². The monoisotopic (exact) mass is 375 g/mol. The molecule has 0 unspecified atom stereocenters. The van der Waals surface area contributed by atoms with Crippen LogP contribution >= 0.6 is 22.7 Å². The molecule has 8 heteroatoms. The van der Waals surface area contributed by atoms with Crippen LogP contribution < -0.4 is 0 Å². The SMILES string of the molecule is C[C@H](c1nc2ccccc2s1)N(C)C(=O)c1cnc(C2OCCO2)s1. The molecule has 0 aliphatic carbocycles. The van der Waals surface area contributed by atoms with Gasteiger partial charge in [-0.25, -0.2) is 9.97 Å². The van der Waals surface area contributed by atoms with Gasteiger partial charge in [0, 0.05) is 7.05 Å². The number of hydrogen-bond acceptors (Lipinski definition) is 7. The number of carbonyl (C=O) groups excluding carboxylic acids is 1. The van der Waals surface area contributed by atoms with E-state index in [4.69, 9.17) is 9.47 Å². The van der Waals surface area contributed by atoms with Crippen LogP contribution in [0, 0.1) is 0 Å². The van der Waals surface area contributed by atoms with Gasteiger partial charge in [0.15, 0.2) is 0 Å². The maximum absolute atomic E-state index is 12.8. The molecule has 6 nitrogen and oxygen atoms in total. The fraction of sp³-hybridized carbons (Fsp3) is 0.353. The number of fused-ring (bicyclic) bond motifs is 1. The summed E-state index contributed by atoms with van der Waals surface area (Å²) in [5, 5.41) is 1.60. The van der Waals surface area contributed by atoms with Crippen molar-refractivity contribution >= 4 is 38.8 Å². The highest BCUT2D eigenvalue weighted by atomic mass is 32.1. The molecule has 0 spiro atoms. The Morgan fingerprint density at radius 1 is 1.28 bits per heavy atom. The normalized spacial score (nSPS) is 16.4. The van der Waals surface area contributed by atoms with Crippen LogP contribution in [0.5, 0.6) is 0 Å². The predicted octanol–water partition coefficient (Wildman–Crippen LogP) is 3.63. The topological polar surface area (TPSA) is 64.6 Å². The van der Waals surface area contributed by atoms with Gasteiger partial charge in [-0.15, -0.1) is 22.7 Å². The molecule has 0 N–H and O–H groups in total. The third-order valence-electron chi connectivity index (χ3n) is 4.13. The van der Waals surface area contributed by atoms with Gasteiger partial charge in [0.25, 0.3) is 5.91 Å². The molecular weight excluding hydrogens is 358 g/mol. The summed E-state index contributed by atoms with van der Waals surface area (Å²) in [6.07, 6.45) is 1.15. The van der Waals surface area contributed by atoms with Crippen molar-refractivity contribution < 1.29 is 14.3 Å². The number of carbonyl (C=O) groups is 1. The Bertz CT molecular complexity index is 868. The number of thiazole rings is 2. The number of nitrogens with zero attached hydrogens (tertiary/aromatic N) is 3. The lowest BCUT2D eigenvalue weighted by atomic mass is 10.3. The van der Waals surface area contributed by atoms with Crippen LogP contribution in [0.25, 0.3) is 10.2 Å². The second-order valence-electron chi connectivity index (χ2n) is 5.75. The summed E-state index contributed by atoms with van der Waals surface area (Å²) in [4.78, 5) is 24.0. The van der Waals surface area contributed by atoms with Crippen LogP contribution in [0.2, 0.25) is 0 Å². The first-order valence-corrected chi connectivity index (χ1v) is 9.58. The zero-order valence-electron chi connectivity index (χ0n) is 13.8. The van der Waals surface area contributed by atoms with Crippen LogP contribution in [-0.4, -0.2) is 41.0 Å². The van der Waals surface area contributed by atoms with Crippen molar-refractivity contribution in [3.8, 4) is 0 Å². The molecular formula is C17H17N3O3S2. The molecule has 25 heavy (non-hydrogen) atoms. The smallest absolute Gasteiger partial charge is 0.265 e. The van der Waals surface area contributed by atoms with Crippen molar-refractivity contribution in [2.45, 2.75) is 19.3 Å². The van der Waals surface area contributed by atoms with Crippen molar-refractivity contribution in [1.29, 1.82) is 0 Å². The zero-order valence-corrected chi connectivity index (χ0v) is 15.5. The summed E-state index contributed by atoms with van der Waals surface area (Å²) in [5.74, 6) is -0.0755. The fourth-order valence-electron chi connectivity index (χ4n) is 2.58. The lowest BCUT2D eigenvalue weighted by Crippen LogP contribution is -2.29. The lowest BCUT2D eigenvalue weighted by molar-refractivity contribution is -0.0442. The Morgan fingerprint density at radius 2 is 2.04 bits per heavy atom. The summed E-state index contributed by atoms with van der Waals surface area (Å²) >= 11 is 2.93. The first-order valence-electron chi connectivity index (χ1n) is 7.95. The van der Waals surface area contributed by atoms with E-state index in [1.54, 1.807) is 29.5 Å². The van der Waals surface area contributed by atoms with Crippen LogP contribution in [-0.2, 0) is 9.47 Å². The van der Waals surface area contributed by atoms with Crippen molar-refractivity contribution in [2.24, 2.45) is 0 Å². The van der Waals surface area contributed by atoms with E-state index in [1.165, 1.54) is 11.3 Å². The summed E-state index contributed by atoms with van der Waals surface area (Å²) in [6.45, 7) is 3.10. The summed E-state index contributed by atoms with van der Waals surface area (Å²) in [7, 11) is 1.79. The highest BCUT2D eigenvalue weighted by molar-refractivity contribution is 7.18. The van der Waals surface area contributed by atoms with Crippen LogP contribution in [0.4, 0.5) is 0 Å². The molecule has 3 aromatic rings.